The fraction of sp³-hybridized carbons (Fsp3) is 0.348. The number of rotatable bonds is 4. The lowest BCUT2D eigenvalue weighted by atomic mass is 9.94. The van der Waals surface area contributed by atoms with Crippen molar-refractivity contribution in [2.24, 2.45) is 0 Å². The Balaban J connectivity index is 1.61. The van der Waals surface area contributed by atoms with Crippen LogP contribution in [0.3, 0.4) is 0 Å². The molecule has 1 aliphatic rings. The van der Waals surface area contributed by atoms with Crippen molar-refractivity contribution < 1.29 is 9.59 Å². The van der Waals surface area contributed by atoms with E-state index in [4.69, 9.17) is 0 Å². The molecule has 2 heterocycles. The molecule has 0 atom stereocenters. The van der Waals surface area contributed by atoms with Crippen LogP contribution in [0.1, 0.15) is 61.9 Å². The lowest BCUT2D eigenvalue weighted by Gasteiger charge is -2.17. The highest BCUT2D eigenvalue weighted by Gasteiger charge is 2.28. The van der Waals surface area contributed by atoms with E-state index in [1.165, 1.54) is 0 Å². The van der Waals surface area contributed by atoms with Crippen molar-refractivity contribution in [2.75, 3.05) is 7.05 Å². The normalized spacial score (nSPS) is 13.4. The maximum absolute atomic E-state index is 13.1. The van der Waals surface area contributed by atoms with E-state index >= 15 is 0 Å². The molecule has 0 spiro atoms. The van der Waals surface area contributed by atoms with Gasteiger partial charge in [0.2, 0.25) is 0 Å². The van der Waals surface area contributed by atoms with Gasteiger partial charge in [-0.2, -0.15) is 5.10 Å². The number of nitrogens with zero attached hydrogens (tertiary/aromatic N) is 3. The van der Waals surface area contributed by atoms with Gasteiger partial charge in [0, 0.05) is 42.5 Å². The topological polar surface area (TPSA) is 71.0 Å². The third-order valence-corrected chi connectivity index (χ3v) is 5.83. The number of amides is 1. The summed E-state index contributed by atoms with van der Waals surface area (Å²) >= 11 is 0. The van der Waals surface area contributed by atoms with E-state index in [0.717, 1.165) is 52.3 Å². The first kappa shape index (κ1) is 19.2. The number of ketones is 1. The molecule has 0 bridgehead atoms. The van der Waals surface area contributed by atoms with Crippen LogP contribution in [0.4, 0.5) is 0 Å². The maximum atomic E-state index is 13.1. The van der Waals surface area contributed by atoms with Gasteiger partial charge in [-0.15, -0.1) is 0 Å². The summed E-state index contributed by atoms with van der Waals surface area (Å²) in [6.07, 6.45) is 2.22. The van der Waals surface area contributed by atoms with Gasteiger partial charge in [-0.25, -0.2) is 4.68 Å². The zero-order valence-corrected chi connectivity index (χ0v) is 17.4. The van der Waals surface area contributed by atoms with Crippen LogP contribution < -0.4 is 0 Å². The quantitative estimate of drug-likeness (QED) is 0.734. The molecule has 1 aliphatic carbocycles. The number of hydrogen-bond acceptors (Lipinski definition) is 3. The summed E-state index contributed by atoms with van der Waals surface area (Å²) in [5.41, 5.74) is 6.88. The zero-order valence-electron chi connectivity index (χ0n) is 17.4. The summed E-state index contributed by atoms with van der Waals surface area (Å²) in [7, 11) is 1.79. The fourth-order valence-corrected chi connectivity index (χ4v) is 4.21. The summed E-state index contributed by atoms with van der Waals surface area (Å²) in [5.74, 6) is 0.0356. The standard InChI is InChI=1S/C23H26N4O2/c1-14-21-19(11-8-12-20(21)28)24-22(14)23(29)26(4)13-18-15(2)25-27(16(18)3)17-9-6-5-7-10-17/h5-7,9-10,24H,8,11-13H2,1-4H3. The molecule has 29 heavy (non-hydrogen) atoms. The molecule has 6 nitrogen and oxygen atoms in total. The largest absolute Gasteiger partial charge is 0.354 e. The highest BCUT2D eigenvalue weighted by Crippen LogP contribution is 2.27. The minimum absolute atomic E-state index is 0.101. The minimum atomic E-state index is -0.101. The molecule has 150 valence electrons. The van der Waals surface area contributed by atoms with Crippen LogP contribution in [-0.4, -0.2) is 38.4 Å². The second-order valence-corrected chi connectivity index (χ2v) is 7.81. The molecule has 0 saturated carbocycles. The summed E-state index contributed by atoms with van der Waals surface area (Å²) in [5, 5.41) is 4.67. The summed E-state index contributed by atoms with van der Waals surface area (Å²) in [6, 6.07) is 9.98. The van der Waals surface area contributed by atoms with Crippen LogP contribution in [0.2, 0.25) is 0 Å². The molecule has 1 N–H and O–H groups in total. The number of Topliss-reactive ketones (excluding diaryl/α,β-unsaturated/α-hetero) is 1. The average Bonchev–Trinajstić information content (AvgIpc) is 3.20. The molecule has 4 rings (SSSR count). The number of para-hydroxylation sites is 1. The first-order valence-corrected chi connectivity index (χ1v) is 9.99. The van der Waals surface area contributed by atoms with E-state index in [9.17, 15) is 9.59 Å². The number of fused-ring (bicyclic) bond motifs is 1. The van der Waals surface area contributed by atoms with Crippen molar-refractivity contribution in [3.8, 4) is 5.69 Å². The molecule has 1 amide bonds. The number of nitrogens with one attached hydrogen (secondary N) is 1. The van der Waals surface area contributed by atoms with Gasteiger partial charge >= 0.3 is 0 Å². The Bertz CT molecular complexity index is 1090. The van der Waals surface area contributed by atoms with E-state index in [-0.39, 0.29) is 11.7 Å². The number of benzene rings is 1. The van der Waals surface area contributed by atoms with Gasteiger partial charge in [0.05, 0.1) is 11.4 Å². The molecule has 0 radical (unpaired) electrons. The minimum Gasteiger partial charge on any atom is -0.354 e. The van der Waals surface area contributed by atoms with E-state index < -0.39 is 0 Å². The van der Waals surface area contributed by atoms with Gasteiger partial charge in [-0.3, -0.25) is 9.59 Å². The van der Waals surface area contributed by atoms with Crippen LogP contribution in [0, 0.1) is 20.8 Å². The summed E-state index contributed by atoms with van der Waals surface area (Å²) < 4.78 is 1.92. The van der Waals surface area contributed by atoms with Crippen LogP contribution >= 0.6 is 0 Å². The van der Waals surface area contributed by atoms with E-state index in [0.29, 0.717) is 18.7 Å². The summed E-state index contributed by atoms with van der Waals surface area (Å²) in [6.45, 7) is 6.32. The van der Waals surface area contributed by atoms with E-state index in [1.807, 2.05) is 55.8 Å². The van der Waals surface area contributed by atoms with Crippen LogP contribution in [0.25, 0.3) is 5.69 Å². The molecular formula is C23H26N4O2. The van der Waals surface area contributed by atoms with Gasteiger partial charge in [-0.05, 0) is 51.3 Å². The lowest BCUT2D eigenvalue weighted by Crippen LogP contribution is -2.27. The molecule has 0 fully saturated rings. The third kappa shape index (κ3) is 3.28. The van der Waals surface area contributed by atoms with Crippen molar-refractivity contribution in [3.05, 3.63) is 69.8 Å². The first-order chi connectivity index (χ1) is 13.9. The number of H-pyrrole nitrogens is 1. The number of aryl methyl sites for hydroxylation is 2. The van der Waals surface area contributed by atoms with Crippen LogP contribution in [0.5, 0.6) is 0 Å². The predicted octanol–water partition coefficient (Wildman–Crippen LogP) is 3.92. The van der Waals surface area contributed by atoms with Crippen molar-refractivity contribution in [2.45, 2.75) is 46.6 Å². The molecule has 3 aromatic rings. The molecule has 0 aliphatic heterocycles. The monoisotopic (exact) mass is 390 g/mol. The third-order valence-electron chi connectivity index (χ3n) is 5.83. The molecule has 0 saturated heterocycles. The second kappa shape index (κ2) is 7.35. The highest BCUT2D eigenvalue weighted by atomic mass is 16.2. The number of carbonyl (C=O) groups is 2. The van der Waals surface area contributed by atoms with Gasteiger partial charge < -0.3 is 9.88 Å². The van der Waals surface area contributed by atoms with Gasteiger partial charge in [0.15, 0.2) is 5.78 Å². The Morgan fingerprint density at radius 1 is 1.17 bits per heavy atom. The first-order valence-electron chi connectivity index (χ1n) is 9.99. The van der Waals surface area contributed by atoms with Crippen LogP contribution in [-0.2, 0) is 13.0 Å². The Kier molecular flexibility index (Phi) is 4.86. The Morgan fingerprint density at radius 3 is 2.59 bits per heavy atom. The van der Waals surface area contributed by atoms with Crippen molar-refractivity contribution in [1.29, 1.82) is 0 Å². The molecule has 2 aromatic heterocycles. The average molecular weight is 390 g/mol. The number of aromatic nitrogens is 3. The van der Waals surface area contributed by atoms with E-state index in [1.54, 1.807) is 11.9 Å². The van der Waals surface area contributed by atoms with Crippen molar-refractivity contribution in [3.63, 3.8) is 0 Å². The predicted molar refractivity (Wildman–Crippen MR) is 112 cm³/mol. The highest BCUT2D eigenvalue weighted by molar-refractivity contribution is 6.04. The van der Waals surface area contributed by atoms with Crippen molar-refractivity contribution >= 4 is 11.7 Å². The Labute approximate surface area is 170 Å². The fourth-order valence-electron chi connectivity index (χ4n) is 4.21. The Morgan fingerprint density at radius 2 is 1.90 bits per heavy atom. The molecule has 1 aromatic carbocycles. The number of carbonyl (C=O) groups excluding carboxylic acids is 2. The second-order valence-electron chi connectivity index (χ2n) is 7.81. The van der Waals surface area contributed by atoms with Crippen molar-refractivity contribution in [1.82, 2.24) is 19.7 Å². The molecular weight excluding hydrogens is 364 g/mol. The van der Waals surface area contributed by atoms with E-state index in [2.05, 4.69) is 10.1 Å². The van der Waals surface area contributed by atoms with Gasteiger partial charge in [0.1, 0.15) is 5.69 Å². The zero-order chi connectivity index (χ0) is 20.7. The SMILES string of the molecule is Cc1nn(-c2ccccc2)c(C)c1CN(C)C(=O)c1[nH]c2c(c1C)C(=O)CCC2. The summed E-state index contributed by atoms with van der Waals surface area (Å²) in [4.78, 5) is 30.3. The lowest BCUT2D eigenvalue weighted by molar-refractivity contribution is 0.0778. The van der Waals surface area contributed by atoms with Crippen LogP contribution in [0.15, 0.2) is 30.3 Å². The molecule has 6 heteroatoms. The van der Waals surface area contributed by atoms with Gasteiger partial charge in [-0.1, -0.05) is 18.2 Å². The molecule has 0 unspecified atom stereocenters. The number of hydrogen-bond donors (Lipinski definition) is 1. The maximum Gasteiger partial charge on any atom is 0.270 e. The van der Waals surface area contributed by atoms with Gasteiger partial charge in [0.25, 0.3) is 5.91 Å². The smallest absolute Gasteiger partial charge is 0.270 e. The Hall–Kier alpha value is -3.15. The number of aromatic amines is 1.